The van der Waals surface area contributed by atoms with Gasteiger partial charge in [0.2, 0.25) is 5.24 Å². The van der Waals surface area contributed by atoms with E-state index in [2.05, 4.69) is 43.4 Å². The Bertz CT molecular complexity index is 1190. The maximum absolute atomic E-state index is 12.1. The zero-order valence-electron chi connectivity index (χ0n) is 29.6. The minimum absolute atomic E-state index is 0.373. The molecule has 0 aromatic heterocycles. The van der Waals surface area contributed by atoms with Gasteiger partial charge in [-0.3, -0.25) is 4.79 Å². The number of halogens is 1. The molecule has 4 aliphatic rings. The number of aliphatic hydroxyl groups is 2. The molecule has 0 aromatic rings. The Labute approximate surface area is 293 Å². The van der Waals surface area contributed by atoms with Crippen LogP contribution in [0.5, 0.6) is 0 Å². The Hall–Kier alpha value is -2.84. The van der Waals surface area contributed by atoms with Crippen LogP contribution >= 0.6 is 11.6 Å². The molecular formula is C40H57ClO7. The van der Waals surface area contributed by atoms with E-state index in [4.69, 9.17) is 21.1 Å². The molecule has 0 saturated heterocycles. The average molecular weight is 685 g/mol. The standard InChI is InChI=1S/C22H30O4.C14H22O2.C4H5ClO/c1-17(2)19(23)25-21(11-7-5-8-12-21)15-16-22(13-9-6-10-14-22)26-20(24)18(3)4;15-13(7-3-1-4-8-13)11-12-14(16)9-5-2-6-10-14;1-3(2)4(5)6/h1,3,5-14H2,2,4H3;15-16H,1-10H2;1H2,2H3. The van der Waals surface area contributed by atoms with Crippen LogP contribution in [0.4, 0.5) is 0 Å². The summed E-state index contributed by atoms with van der Waals surface area (Å²) in [7, 11) is 0. The van der Waals surface area contributed by atoms with Crippen molar-refractivity contribution in [3.63, 3.8) is 0 Å². The number of esters is 2. The molecule has 0 amide bonds. The number of carbonyl (C=O) groups is 3. The molecule has 4 aliphatic carbocycles. The summed E-state index contributed by atoms with van der Waals surface area (Å²) >= 11 is 4.87. The second kappa shape index (κ2) is 19.4. The molecule has 4 saturated carbocycles. The lowest BCUT2D eigenvalue weighted by Gasteiger charge is -2.35. The fourth-order valence-electron chi connectivity index (χ4n) is 6.26. The minimum atomic E-state index is -0.814. The fourth-order valence-corrected chi connectivity index (χ4v) is 6.26. The topological polar surface area (TPSA) is 110 Å². The molecule has 4 rings (SSSR count). The number of hydrogen-bond donors (Lipinski definition) is 2. The predicted molar refractivity (Wildman–Crippen MR) is 191 cm³/mol. The molecule has 2 N–H and O–H groups in total. The van der Waals surface area contributed by atoms with Crippen LogP contribution in [0.25, 0.3) is 0 Å². The van der Waals surface area contributed by atoms with Gasteiger partial charge in [0.1, 0.15) is 11.2 Å². The molecule has 8 heteroatoms. The number of allylic oxidation sites excluding steroid dienone is 1. The molecular weight excluding hydrogens is 628 g/mol. The van der Waals surface area contributed by atoms with Crippen molar-refractivity contribution in [1.82, 2.24) is 0 Å². The lowest BCUT2D eigenvalue weighted by atomic mass is 9.81. The third kappa shape index (κ3) is 14.3. The Kier molecular flexibility index (Phi) is 16.7. The van der Waals surface area contributed by atoms with E-state index in [1.54, 1.807) is 20.8 Å². The van der Waals surface area contributed by atoms with Crippen LogP contribution in [0, 0.1) is 23.7 Å². The van der Waals surface area contributed by atoms with Gasteiger partial charge in [-0.05, 0) is 135 Å². The van der Waals surface area contributed by atoms with E-state index >= 15 is 0 Å². The molecule has 0 aliphatic heterocycles. The normalized spacial score (nSPS) is 21.5. The summed E-state index contributed by atoms with van der Waals surface area (Å²) in [4.78, 5) is 34.1. The first-order valence-electron chi connectivity index (χ1n) is 17.7. The third-order valence-electron chi connectivity index (χ3n) is 9.34. The summed E-state index contributed by atoms with van der Waals surface area (Å²) < 4.78 is 11.5. The van der Waals surface area contributed by atoms with E-state index in [0.29, 0.717) is 42.4 Å². The van der Waals surface area contributed by atoms with E-state index in [1.807, 2.05) is 0 Å². The molecule has 0 bridgehead atoms. The Morgan fingerprint density at radius 3 is 0.979 bits per heavy atom. The van der Waals surface area contributed by atoms with Crippen molar-refractivity contribution in [2.45, 2.75) is 172 Å². The van der Waals surface area contributed by atoms with Crippen molar-refractivity contribution in [2.75, 3.05) is 0 Å². The second-order valence-corrected chi connectivity index (χ2v) is 14.5. The summed E-state index contributed by atoms with van der Waals surface area (Å²) in [6.45, 7) is 15.5. The number of ether oxygens (including phenoxy) is 2. The molecule has 0 radical (unpaired) electrons. The molecule has 0 heterocycles. The highest BCUT2D eigenvalue weighted by Crippen LogP contribution is 2.36. The molecule has 7 nitrogen and oxygen atoms in total. The SMILES string of the molecule is C=C(C)C(=O)Cl.C=C(C)C(=O)OC1(C#CC2(OC(=O)C(=C)C)CCCCC2)CCCCC1.OC1(C#CC2(O)CCCCC2)CCCCC1. The quantitative estimate of drug-likeness (QED) is 0.130. The lowest BCUT2D eigenvalue weighted by molar-refractivity contribution is -0.153. The average Bonchev–Trinajstić information content (AvgIpc) is 3.05. The van der Waals surface area contributed by atoms with Gasteiger partial charge < -0.3 is 19.7 Å². The monoisotopic (exact) mass is 684 g/mol. The number of hydrogen-bond acceptors (Lipinski definition) is 7. The van der Waals surface area contributed by atoms with Crippen LogP contribution in [-0.4, -0.2) is 49.8 Å². The molecule has 0 unspecified atom stereocenters. The Morgan fingerprint density at radius 1 is 0.500 bits per heavy atom. The molecule has 0 atom stereocenters. The van der Waals surface area contributed by atoms with Gasteiger partial charge in [-0.15, -0.1) is 0 Å². The molecule has 0 spiro atoms. The van der Waals surface area contributed by atoms with Gasteiger partial charge in [0.15, 0.2) is 11.2 Å². The largest absolute Gasteiger partial charge is 0.442 e. The summed E-state index contributed by atoms with van der Waals surface area (Å²) in [5.41, 5.74) is -2.09. The van der Waals surface area contributed by atoms with Crippen LogP contribution in [0.1, 0.15) is 149 Å². The highest BCUT2D eigenvalue weighted by molar-refractivity contribution is 6.67. The Balaban J connectivity index is 0.000000307. The minimum Gasteiger partial charge on any atom is -0.442 e. The molecule has 48 heavy (non-hydrogen) atoms. The van der Waals surface area contributed by atoms with Crippen LogP contribution in [0.2, 0.25) is 0 Å². The maximum Gasteiger partial charge on any atom is 0.334 e. The smallest absolute Gasteiger partial charge is 0.334 e. The van der Waals surface area contributed by atoms with E-state index in [1.165, 1.54) is 12.8 Å². The van der Waals surface area contributed by atoms with E-state index in [9.17, 15) is 24.6 Å². The van der Waals surface area contributed by atoms with Crippen molar-refractivity contribution >= 4 is 28.8 Å². The second-order valence-electron chi connectivity index (χ2n) is 14.2. The molecule has 266 valence electrons. The van der Waals surface area contributed by atoms with Crippen LogP contribution in [0.15, 0.2) is 36.5 Å². The van der Waals surface area contributed by atoms with E-state index in [0.717, 1.165) is 89.9 Å². The molecule has 0 aromatic carbocycles. The Morgan fingerprint density at radius 2 is 0.750 bits per heavy atom. The van der Waals surface area contributed by atoms with Gasteiger partial charge >= 0.3 is 11.9 Å². The van der Waals surface area contributed by atoms with Gasteiger partial charge in [0.05, 0.1) is 0 Å². The van der Waals surface area contributed by atoms with Crippen molar-refractivity contribution in [1.29, 1.82) is 0 Å². The zero-order chi connectivity index (χ0) is 35.8. The predicted octanol–water partition coefficient (Wildman–Crippen LogP) is 8.34. The summed E-state index contributed by atoms with van der Waals surface area (Å²) in [6.07, 6.45) is 18.7. The lowest BCUT2D eigenvalue weighted by Crippen LogP contribution is -2.39. The van der Waals surface area contributed by atoms with Gasteiger partial charge in [0, 0.05) is 16.7 Å². The maximum atomic E-state index is 12.1. The summed E-state index contributed by atoms with van der Waals surface area (Å²) in [5, 5.41) is 20.0. The first kappa shape index (κ1) is 41.3. The first-order valence-corrected chi connectivity index (χ1v) is 18.1. The molecule has 4 fully saturated rings. The van der Waals surface area contributed by atoms with Gasteiger partial charge in [-0.25, -0.2) is 9.59 Å². The summed E-state index contributed by atoms with van der Waals surface area (Å²) in [5.74, 6) is 11.6. The zero-order valence-corrected chi connectivity index (χ0v) is 30.3. The van der Waals surface area contributed by atoms with Crippen molar-refractivity contribution in [3.8, 4) is 23.7 Å². The third-order valence-corrected chi connectivity index (χ3v) is 9.66. The number of carbonyl (C=O) groups excluding carboxylic acids is 3. The van der Waals surface area contributed by atoms with Crippen LogP contribution in [-0.2, 0) is 23.9 Å². The summed E-state index contributed by atoms with van der Waals surface area (Å²) in [6, 6.07) is 0. The van der Waals surface area contributed by atoms with Crippen LogP contribution < -0.4 is 0 Å². The van der Waals surface area contributed by atoms with Crippen LogP contribution in [0.3, 0.4) is 0 Å². The van der Waals surface area contributed by atoms with Crippen molar-refractivity contribution in [3.05, 3.63) is 36.5 Å². The van der Waals surface area contributed by atoms with Gasteiger partial charge in [-0.1, -0.05) is 69.1 Å². The van der Waals surface area contributed by atoms with Crippen molar-refractivity contribution < 1.29 is 34.1 Å². The fraction of sp³-hybridized carbons (Fsp3) is 0.675. The van der Waals surface area contributed by atoms with Crippen molar-refractivity contribution in [2.24, 2.45) is 0 Å². The highest BCUT2D eigenvalue weighted by Gasteiger charge is 2.38. The van der Waals surface area contributed by atoms with E-state index < -0.39 is 39.6 Å². The highest BCUT2D eigenvalue weighted by atomic mass is 35.5. The number of rotatable bonds is 5. The van der Waals surface area contributed by atoms with Gasteiger partial charge in [-0.2, -0.15) is 0 Å². The van der Waals surface area contributed by atoms with Gasteiger partial charge in [0.25, 0.3) is 0 Å². The first-order chi connectivity index (χ1) is 22.5. The van der Waals surface area contributed by atoms with E-state index in [-0.39, 0.29) is 0 Å².